The standard InChI is InChI=1S/C19H23N3O3/c23-17(22-11-5-7-13-6-1-4-10-16(13)22)12-25-19(24)18-14-8-2-3-9-15(14)20-21-18/h2-3,8-9,13,16H,1,4-7,10-12H2,(H,20,21)/t13-,16+/m1/s1. The van der Waals surface area contributed by atoms with Gasteiger partial charge in [0.25, 0.3) is 5.91 Å². The number of benzene rings is 1. The van der Waals surface area contributed by atoms with Crippen molar-refractivity contribution in [3.8, 4) is 0 Å². The molecule has 2 atom stereocenters. The molecule has 2 heterocycles. The van der Waals surface area contributed by atoms with E-state index in [1.54, 1.807) is 0 Å². The van der Waals surface area contributed by atoms with Gasteiger partial charge in [-0.15, -0.1) is 0 Å². The van der Waals surface area contributed by atoms with Gasteiger partial charge in [0, 0.05) is 18.0 Å². The fourth-order valence-corrected chi connectivity index (χ4v) is 4.33. The van der Waals surface area contributed by atoms with E-state index >= 15 is 0 Å². The number of rotatable bonds is 3. The molecule has 1 aliphatic carbocycles. The van der Waals surface area contributed by atoms with Crippen LogP contribution in [-0.2, 0) is 9.53 Å². The lowest BCUT2D eigenvalue weighted by Gasteiger charge is -2.44. The van der Waals surface area contributed by atoms with Gasteiger partial charge in [0.1, 0.15) is 0 Å². The van der Waals surface area contributed by atoms with Gasteiger partial charge in [0.05, 0.1) is 5.52 Å². The van der Waals surface area contributed by atoms with Crippen LogP contribution in [0.15, 0.2) is 24.3 Å². The zero-order chi connectivity index (χ0) is 17.2. The first-order chi connectivity index (χ1) is 12.2. The maximum absolute atomic E-state index is 12.6. The molecule has 1 saturated carbocycles. The predicted molar refractivity (Wildman–Crippen MR) is 93.1 cm³/mol. The molecule has 0 spiro atoms. The van der Waals surface area contributed by atoms with Crippen LogP contribution in [0.25, 0.3) is 10.9 Å². The van der Waals surface area contributed by atoms with Gasteiger partial charge in [-0.3, -0.25) is 9.89 Å². The van der Waals surface area contributed by atoms with E-state index in [1.807, 2.05) is 29.2 Å². The molecule has 132 valence electrons. The molecule has 2 aliphatic rings. The van der Waals surface area contributed by atoms with Gasteiger partial charge in [-0.25, -0.2) is 4.79 Å². The summed E-state index contributed by atoms with van der Waals surface area (Å²) in [5.41, 5.74) is 1.01. The maximum Gasteiger partial charge on any atom is 0.359 e. The lowest BCUT2D eigenvalue weighted by Crippen LogP contribution is -2.50. The van der Waals surface area contributed by atoms with Gasteiger partial charge in [0.2, 0.25) is 0 Å². The molecule has 25 heavy (non-hydrogen) atoms. The van der Waals surface area contributed by atoms with Gasteiger partial charge in [-0.1, -0.05) is 31.0 Å². The largest absolute Gasteiger partial charge is 0.451 e. The predicted octanol–water partition coefficient (Wildman–Crippen LogP) is 2.90. The summed E-state index contributed by atoms with van der Waals surface area (Å²) in [5.74, 6) is -0.00905. The summed E-state index contributed by atoms with van der Waals surface area (Å²) in [6.07, 6.45) is 7.01. The summed E-state index contributed by atoms with van der Waals surface area (Å²) < 4.78 is 5.28. The number of nitrogens with zero attached hydrogens (tertiary/aromatic N) is 2. The van der Waals surface area contributed by atoms with Crippen molar-refractivity contribution in [1.29, 1.82) is 0 Å². The Hall–Kier alpha value is -2.37. The van der Waals surface area contributed by atoms with Gasteiger partial charge < -0.3 is 9.64 Å². The van der Waals surface area contributed by atoms with Gasteiger partial charge in [-0.05, 0) is 37.7 Å². The molecule has 1 N–H and O–H groups in total. The smallest absolute Gasteiger partial charge is 0.359 e. The summed E-state index contributed by atoms with van der Waals surface area (Å²) in [6.45, 7) is 0.576. The van der Waals surface area contributed by atoms with Crippen LogP contribution in [0.3, 0.4) is 0 Å². The van der Waals surface area contributed by atoms with Crippen LogP contribution >= 0.6 is 0 Å². The average molecular weight is 341 g/mol. The van der Waals surface area contributed by atoms with Crippen molar-refractivity contribution in [2.45, 2.75) is 44.6 Å². The molecule has 1 saturated heterocycles. The van der Waals surface area contributed by atoms with E-state index in [2.05, 4.69) is 10.2 Å². The van der Waals surface area contributed by atoms with Crippen LogP contribution in [-0.4, -0.2) is 46.2 Å². The number of fused-ring (bicyclic) bond motifs is 2. The summed E-state index contributed by atoms with van der Waals surface area (Å²) in [6, 6.07) is 7.71. The van der Waals surface area contributed by atoms with Crippen molar-refractivity contribution in [3.05, 3.63) is 30.0 Å². The monoisotopic (exact) mass is 341 g/mol. The molecule has 2 aromatic rings. The van der Waals surface area contributed by atoms with E-state index in [1.165, 1.54) is 25.7 Å². The molecule has 0 unspecified atom stereocenters. The number of carbonyl (C=O) groups is 2. The second-order valence-corrected chi connectivity index (χ2v) is 7.04. The Labute approximate surface area is 146 Å². The molecule has 1 aromatic carbocycles. The van der Waals surface area contributed by atoms with Gasteiger partial charge >= 0.3 is 5.97 Å². The zero-order valence-electron chi connectivity index (χ0n) is 14.2. The molecule has 0 bridgehead atoms. The van der Waals surface area contributed by atoms with Crippen molar-refractivity contribution in [2.75, 3.05) is 13.2 Å². The maximum atomic E-state index is 12.6. The summed E-state index contributed by atoms with van der Waals surface area (Å²) in [7, 11) is 0. The fourth-order valence-electron chi connectivity index (χ4n) is 4.33. The van der Waals surface area contributed by atoms with Crippen LogP contribution in [0.2, 0.25) is 0 Å². The number of esters is 1. The Morgan fingerprint density at radius 2 is 1.96 bits per heavy atom. The topological polar surface area (TPSA) is 75.3 Å². The second kappa shape index (κ2) is 6.86. The highest BCUT2D eigenvalue weighted by Crippen LogP contribution is 2.35. The SMILES string of the molecule is O=C(OCC(=O)N1CCC[C@H]2CCCC[C@@H]21)c1n[nH]c2ccccc12. The van der Waals surface area contributed by atoms with E-state index in [4.69, 9.17) is 4.74 Å². The van der Waals surface area contributed by atoms with Crippen LogP contribution in [0.5, 0.6) is 0 Å². The number of piperidine rings is 1. The summed E-state index contributed by atoms with van der Waals surface area (Å²) in [5, 5.41) is 7.55. The molecule has 6 nitrogen and oxygen atoms in total. The number of hydrogen-bond donors (Lipinski definition) is 1. The third kappa shape index (κ3) is 3.13. The lowest BCUT2D eigenvalue weighted by atomic mass is 9.78. The number of aromatic amines is 1. The Bertz CT molecular complexity index is 783. The fraction of sp³-hybridized carbons (Fsp3) is 0.526. The number of nitrogens with one attached hydrogen (secondary N) is 1. The molecule has 1 aromatic heterocycles. The minimum atomic E-state index is -0.553. The number of para-hydroxylation sites is 1. The quantitative estimate of drug-likeness (QED) is 0.871. The van der Waals surface area contributed by atoms with E-state index in [9.17, 15) is 9.59 Å². The molecule has 1 amide bonds. The normalized spacial score (nSPS) is 23.3. The van der Waals surface area contributed by atoms with E-state index in [0.717, 1.165) is 24.9 Å². The number of ether oxygens (including phenoxy) is 1. The number of likely N-dealkylation sites (tertiary alicyclic amines) is 1. The molecule has 6 heteroatoms. The third-order valence-corrected chi connectivity index (χ3v) is 5.55. The third-order valence-electron chi connectivity index (χ3n) is 5.55. The number of hydrogen-bond acceptors (Lipinski definition) is 4. The summed E-state index contributed by atoms with van der Waals surface area (Å²) in [4.78, 5) is 26.9. The molecule has 4 rings (SSSR count). The minimum Gasteiger partial charge on any atom is -0.451 e. The highest BCUT2D eigenvalue weighted by molar-refractivity contribution is 6.02. The van der Waals surface area contributed by atoms with E-state index in [-0.39, 0.29) is 18.2 Å². The Morgan fingerprint density at radius 3 is 2.88 bits per heavy atom. The van der Waals surface area contributed by atoms with Crippen molar-refractivity contribution in [3.63, 3.8) is 0 Å². The van der Waals surface area contributed by atoms with Gasteiger partial charge in [0.15, 0.2) is 12.3 Å². The summed E-state index contributed by atoms with van der Waals surface area (Å²) >= 11 is 0. The first-order valence-electron chi connectivity index (χ1n) is 9.14. The highest BCUT2D eigenvalue weighted by atomic mass is 16.5. The first kappa shape index (κ1) is 16.1. The van der Waals surface area contributed by atoms with E-state index in [0.29, 0.717) is 17.3 Å². The van der Waals surface area contributed by atoms with Crippen molar-refractivity contribution in [2.24, 2.45) is 5.92 Å². The van der Waals surface area contributed by atoms with Crippen LogP contribution in [0.4, 0.5) is 0 Å². The van der Waals surface area contributed by atoms with Crippen LogP contribution in [0.1, 0.15) is 49.0 Å². The van der Waals surface area contributed by atoms with Crippen LogP contribution in [0, 0.1) is 5.92 Å². The number of amides is 1. The van der Waals surface area contributed by atoms with E-state index < -0.39 is 5.97 Å². The number of aromatic nitrogens is 2. The Kier molecular flexibility index (Phi) is 4.42. The average Bonchev–Trinajstić information content (AvgIpc) is 3.09. The highest BCUT2D eigenvalue weighted by Gasteiger charge is 2.35. The van der Waals surface area contributed by atoms with Crippen molar-refractivity contribution in [1.82, 2.24) is 15.1 Å². The Morgan fingerprint density at radius 1 is 1.16 bits per heavy atom. The lowest BCUT2D eigenvalue weighted by molar-refractivity contribution is -0.140. The zero-order valence-corrected chi connectivity index (χ0v) is 14.2. The molecule has 1 aliphatic heterocycles. The second-order valence-electron chi connectivity index (χ2n) is 7.04. The van der Waals surface area contributed by atoms with Crippen molar-refractivity contribution < 1.29 is 14.3 Å². The first-order valence-corrected chi connectivity index (χ1v) is 9.14. The minimum absolute atomic E-state index is 0.0789. The van der Waals surface area contributed by atoms with Crippen molar-refractivity contribution >= 4 is 22.8 Å². The molecule has 2 fully saturated rings. The molecular weight excluding hydrogens is 318 g/mol. The molecular formula is C19H23N3O3. The number of carbonyl (C=O) groups excluding carboxylic acids is 2. The van der Waals surface area contributed by atoms with Crippen LogP contribution < -0.4 is 0 Å². The number of H-pyrrole nitrogens is 1. The Balaban J connectivity index is 1.40. The van der Waals surface area contributed by atoms with Gasteiger partial charge in [-0.2, -0.15) is 5.10 Å². The molecule has 0 radical (unpaired) electrons.